The van der Waals surface area contributed by atoms with Gasteiger partial charge in [-0.3, -0.25) is 0 Å². The summed E-state index contributed by atoms with van der Waals surface area (Å²) >= 11 is 0. The van der Waals surface area contributed by atoms with Crippen LogP contribution in [0, 0.1) is 11.8 Å². The molecule has 1 aromatic carbocycles. The Balaban J connectivity index is 1.76. The summed E-state index contributed by atoms with van der Waals surface area (Å²) in [5.41, 5.74) is 2.54. The minimum Gasteiger partial charge on any atom is -0.247 e. The lowest BCUT2D eigenvalue weighted by Gasteiger charge is -2.30. The van der Waals surface area contributed by atoms with Gasteiger partial charge in [0, 0.05) is 6.42 Å². The van der Waals surface area contributed by atoms with E-state index in [0.29, 0.717) is 12.3 Å². The summed E-state index contributed by atoms with van der Waals surface area (Å²) in [7, 11) is 0. The van der Waals surface area contributed by atoms with Gasteiger partial charge in [0.15, 0.2) is 0 Å². The molecule has 1 aromatic rings. The summed E-state index contributed by atoms with van der Waals surface area (Å²) in [6, 6.07) is 8.61. The zero-order chi connectivity index (χ0) is 15.8. The van der Waals surface area contributed by atoms with Gasteiger partial charge >= 0.3 is 0 Å². The minimum atomic E-state index is -0.649. The third-order valence-corrected chi connectivity index (χ3v) is 5.36. The van der Waals surface area contributed by atoms with Crippen molar-refractivity contribution in [2.45, 2.75) is 84.2 Å². The second-order valence-corrected chi connectivity index (χ2v) is 7.21. The van der Waals surface area contributed by atoms with Crippen molar-refractivity contribution in [2.24, 2.45) is 11.8 Å². The topological polar surface area (TPSA) is 0 Å². The van der Waals surface area contributed by atoms with E-state index in [4.69, 9.17) is 0 Å². The Morgan fingerprint density at radius 3 is 2.18 bits per heavy atom. The van der Waals surface area contributed by atoms with E-state index in [-0.39, 0.29) is 0 Å². The Bertz CT molecular complexity index is 400. The molecule has 22 heavy (non-hydrogen) atoms. The van der Waals surface area contributed by atoms with Crippen LogP contribution in [0.4, 0.5) is 4.39 Å². The fraction of sp³-hybridized carbons (Fsp3) is 0.714. The van der Waals surface area contributed by atoms with Gasteiger partial charge in [0.2, 0.25) is 0 Å². The van der Waals surface area contributed by atoms with Gasteiger partial charge in [-0.15, -0.1) is 0 Å². The van der Waals surface area contributed by atoms with Crippen molar-refractivity contribution in [1.29, 1.82) is 0 Å². The van der Waals surface area contributed by atoms with E-state index < -0.39 is 6.17 Å². The van der Waals surface area contributed by atoms with Crippen LogP contribution in [0.2, 0.25) is 0 Å². The summed E-state index contributed by atoms with van der Waals surface area (Å²) in [4.78, 5) is 0. The second kappa shape index (κ2) is 9.33. The molecule has 1 aliphatic carbocycles. The molecule has 1 unspecified atom stereocenters. The maximum atomic E-state index is 14.6. The van der Waals surface area contributed by atoms with Crippen molar-refractivity contribution >= 4 is 0 Å². The average Bonchev–Trinajstić information content (AvgIpc) is 2.55. The minimum absolute atomic E-state index is 0.299. The van der Waals surface area contributed by atoms with Crippen molar-refractivity contribution in [1.82, 2.24) is 0 Å². The molecule has 1 heteroatoms. The zero-order valence-electron chi connectivity index (χ0n) is 14.5. The lowest BCUT2D eigenvalue weighted by molar-refractivity contribution is 0.151. The van der Waals surface area contributed by atoms with Gasteiger partial charge in [0.25, 0.3) is 0 Å². The largest absolute Gasteiger partial charge is 0.247 e. The van der Waals surface area contributed by atoms with Gasteiger partial charge < -0.3 is 0 Å². The first kappa shape index (κ1) is 17.5. The Hall–Kier alpha value is -0.850. The number of halogens is 1. The molecule has 0 N–H and O–H groups in total. The van der Waals surface area contributed by atoms with E-state index in [9.17, 15) is 4.39 Å². The zero-order valence-corrected chi connectivity index (χ0v) is 14.5. The Morgan fingerprint density at radius 2 is 1.59 bits per heavy atom. The van der Waals surface area contributed by atoms with Gasteiger partial charge in [-0.25, -0.2) is 4.39 Å². The maximum Gasteiger partial charge on any atom is 0.107 e. The lowest BCUT2D eigenvalue weighted by Crippen LogP contribution is -2.24. The monoisotopic (exact) mass is 304 g/mol. The van der Waals surface area contributed by atoms with Crippen LogP contribution in [-0.4, -0.2) is 6.17 Å². The van der Waals surface area contributed by atoms with E-state index in [1.165, 1.54) is 49.7 Å². The lowest BCUT2D eigenvalue weighted by atomic mass is 9.77. The fourth-order valence-corrected chi connectivity index (χ4v) is 3.85. The summed E-state index contributed by atoms with van der Waals surface area (Å²) < 4.78 is 14.6. The van der Waals surface area contributed by atoms with Crippen LogP contribution in [-0.2, 0) is 12.8 Å². The third-order valence-electron chi connectivity index (χ3n) is 5.36. The first-order valence-electron chi connectivity index (χ1n) is 9.44. The molecule has 0 bridgehead atoms. The average molecular weight is 304 g/mol. The van der Waals surface area contributed by atoms with Gasteiger partial charge in [-0.1, -0.05) is 76.6 Å². The highest BCUT2D eigenvalue weighted by molar-refractivity contribution is 5.23. The van der Waals surface area contributed by atoms with Crippen molar-refractivity contribution in [2.75, 3.05) is 0 Å². The van der Waals surface area contributed by atoms with Crippen LogP contribution in [0.5, 0.6) is 0 Å². The van der Waals surface area contributed by atoms with Crippen LogP contribution in [0.3, 0.4) is 0 Å². The molecule has 1 atom stereocenters. The Kier molecular flexibility index (Phi) is 7.42. The van der Waals surface area contributed by atoms with E-state index in [0.717, 1.165) is 25.2 Å². The van der Waals surface area contributed by atoms with E-state index in [1.54, 1.807) is 0 Å². The molecule has 0 radical (unpaired) electrons. The van der Waals surface area contributed by atoms with Crippen molar-refractivity contribution in [3.05, 3.63) is 35.4 Å². The van der Waals surface area contributed by atoms with Crippen LogP contribution in [0.15, 0.2) is 24.3 Å². The van der Waals surface area contributed by atoms with Crippen molar-refractivity contribution in [3.8, 4) is 0 Å². The van der Waals surface area contributed by atoms with Gasteiger partial charge in [-0.05, 0) is 42.2 Å². The van der Waals surface area contributed by atoms with Crippen LogP contribution >= 0.6 is 0 Å². The van der Waals surface area contributed by atoms with Crippen molar-refractivity contribution < 1.29 is 4.39 Å². The highest BCUT2D eigenvalue weighted by atomic mass is 19.1. The summed E-state index contributed by atoms with van der Waals surface area (Å²) in [6.45, 7) is 4.46. The van der Waals surface area contributed by atoms with Crippen LogP contribution < -0.4 is 0 Å². The predicted octanol–water partition coefficient (Wildman–Crippen LogP) is 6.52. The Labute approximate surface area is 136 Å². The molecule has 0 spiro atoms. The van der Waals surface area contributed by atoms with E-state index in [2.05, 4.69) is 38.1 Å². The highest BCUT2D eigenvalue weighted by Crippen LogP contribution is 2.35. The number of hydrogen-bond donors (Lipinski definition) is 0. The van der Waals surface area contributed by atoms with Gasteiger partial charge in [0.1, 0.15) is 6.17 Å². The molecule has 0 nitrogen and oxygen atoms in total. The number of rotatable bonds is 8. The maximum absolute atomic E-state index is 14.6. The number of benzene rings is 1. The van der Waals surface area contributed by atoms with Gasteiger partial charge in [0.05, 0.1) is 0 Å². The number of hydrogen-bond acceptors (Lipinski definition) is 0. The molecule has 0 aliphatic heterocycles. The quantitative estimate of drug-likeness (QED) is 0.513. The molecule has 0 aromatic heterocycles. The first-order valence-corrected chi connectivity index (χ1v) is 9.44. The summed E-state index contributed by atoms with van der Waals surface area (Å²) in [6.07, 6.45) is 11.0. The molecular formula is C21H33F. The molecule has 1 saturated carbocycles. The highest BCUT2D eigenvalue weighted by Gasteiger charge is 2.27. The molecule has 0 amide bonds. The van der Waals surface area contributed by atoms with Gasteiger partial charge in [-0.2, -0.15) is 0 Å². The third kappa shape index (κ3) is 5.41. The number of unbranched alkanes of at least 4 members (excludes halogenated alkanes) is 1. The predicted molar refractivity (Wildman–Crippen MR) is 94.0 cm³/mol. The SMILES string of the molecule is CCCCC1CCC(C(F)Cc2ccc(CCC)cc2)CC1. The molecule has 2 rings (SSSR count). The number of aryl methyl sites for hydroxylation is 1. The second-order valence-electron chi connectivity index (χ2n) is 7.21. The normalized spacial score (nSPS) is 23.4. The van der Waals surface area contributed by atoms with E-state index in [1.807, 2.05) is 0 Å². The molecule has 1 fully saturated rings. The smallest absolute Gasteiger partial charge is 0.107 e. The van der Waals surface area contributed by atoms with Crippen molar-refractivity contribution in [3.63, 3.8) is 0 Å². The summed E-state index contributed by atoms with van der Waals surface area (Å²) in [5.74, 6) is 1.17. The first-order chi connectivity index (χ1) is 10.7. The summed E-state index contributed by atoms with van der Waals surface area (Å²) in [5, 5.41) is 0. The Morgan fingerprint density at radius 1 is 0.955 bits per heavy atom. The van der Waals surface area contributed by atoms with Crippen LogP contribution in [0.25, 0.3) is 0 Å². The van der Waals surface area contributed by atoms with Crippen LogP contribution in [0.1, 0.15) is 76.3 Å². The van der Waals surface area contributed by atoms with E-state index >= 15 is 0 Å². The molecular weight excluding hydrogens is 271 g/mol. The molecule has 0 heterocycles. The number of alkyl halides is 1. The standard InChI is InChI=1S/C21H33F/c1-3-5-7-18-12-14-20(15-13-18)21(22)16-19-10-8-17(6-4-2)9-11-19/h8-11,18,20-21H,3-7,12-16H2,1-2H3. The molecule has 124 valence electrons. The molecule has 0 saturated heterocycles. The fourth-order valence-electron chi connectivity index (χ4n) is 3.85. The molecule has 1 aliphatic rings.